The van der Waals surface area contributed by atoms with Crippen LogP contribution in [0, 0.1) is 0 Å². The molecule has 170 valence electrons. The van der Waals surface area contributed by atoms with Crippen molar-refractivity contribution >= 4 is 21.9 Å². The van der Waals surface area contributed by atoms with Crippen LogP contribution in [-0.4, -0.2) is 29.5 Å². The third-order valence-corrected chi connectivity index (χ3v) is 5.30. The van der Waals surface area contributed by atoms with Crippen molar-refractivity contribution in [3.8, 4) is 28.7 Å². The number of aromatic hydroxyl groups is 3. The van der Waals surface area contributed by atoms with Crippen molar-refractivity contribution in [1.29, 1.82) is 0 Å². The molecule has 7 heteroatoms. The molecule has 7 nitrogen and oxygen atoms in total. The molecule has 0 radical (unpaired) electrons. The van der Waals surface area contributed by atoms with Crippen molar-refractivity contribution in [2.24, 2.45) is 0 Å². The van der Waals surface area contributed by atoms with Crippen LogP contribution in [0.15, 0.2) is 38.6 Å². The molecule has 3 N–H and O–H groups in total. The number of ether oxygens (including phenoxy) is 2. The highest BCUT2D eigenvalue weighted by Gasteiger charge is 2.26. The number of methoxy groups -OCH3 is 2. The zero-order valence-corrected chi connectivity index (χ0v) is 19.1. The molecule has 0 unspecified atom stereocenters. The Hall–Kier alpha value is -3.61. The maximum atomic E-state index is 13.5. The number of hydrogen-bond donors (Lipinski definition) is 3. The van der Waals surface area contributed by atoms with Gasteiger partial charge in [0.1, 0.15) is 22.5 Å². The van der Waals surface area contributed by atoms with Crippen LogP contribution in [0.3, 0.4) is 0 Å². The van der Waals surface area contributed by atoms with Gasteiger partial charge in [0.25, 0.3) is 0 Å². The first kappa shape index (κ1) is 23.1. The molecule has 1 aromatic heterocycles. The first-order chi connectivity index (χ1) is 15.1. The Kier molecular flexibility index (Phi) is 6.39. The van der Waals surface area contributed by atoms with Gasteiger partial charge in [0, 0.05) is 11.1 Å². The minimum absolute atomic E-state index is 0.0125. The molecule has 0 saturated heterocycles. The highest BCUT2D eigenvalue weighted by molar-refractivity contribution is 6.00. The van der Waals surface area contributed by atoms with Crippen LogP contribution in [0.4, 0.5) is 0 Å². The fourth-order valence-electron chi connectivity index (χ4n) is 3.60. The van der Waals surface area contributed by atoms with Gasteiger partial charge in [0.2, 0.25) is 16.9 Å². The molecule has 32 heavy (non-hydrogen) atoms. The molecular formula is C25H28O7. The van der Waals surface area contributed by atoms with Crippen molar-refractivity contribution in [2.75, 3.05) is 14.2 Å². The summed E-state index contributed by atoms with van der Waals surface area (Å²) in [6.07, 6.45) is 4.25. The van der Waals surface area contributed by atoms with Crippen molar-refractivity contribution in [2.45, 2.75) is 40.5 Å². The second kappa shape index (κ2) is 8.86. The molecule has 2 aromatic carbocycles. The third-order valence-electron chi connectivity index (χ3n) is 5.30. The average Bonchev–Trinajstić information content (AvgIpc) is 2.73. The van der Waals surface area contributed by atoms with Crippen LogP contribution < -0.4 is 14.9 Å². The van der Waals surface area contributed by atoms with Gasteiger partial charge in [-0.3, -0.25) is 4.79 Å². The van der Waals surface area contributed by atoms with E-state index in [2.05, 4.69) is 0 Å². The van der Waals surface area contributed by atoms with Crippen LogP contribution in [0.2, 0.25) is 0 Å². The first-order valence-electron chi connectivity index (χ1n) is 10.2. The summed E-state index contributed by atoms with van der Waals surface area (Å²) in [5.41, 5.74) is 1.95. The predicted molar refractivity (Wildman–Crippen MR) is 124 cm³/mol. The van der Waals surface area contributed by atoms with Crippen molar-refractivity contribution < 1.29 is 29.2 Å². The van der Waals surface area contributed by atoms with E-state index in [1.165, 1.54) is 20.3 Å². The topological polar surface area (TPSA) is 109 Å². The van der Waals surface area contributed by atoms with E-state index < -0.39 is 11.2 Å². The Morgan fingerprint density at radius 2 is 1.47 bits per heavy atom. The number of rotatable bonds is 6. The number of benzene rings is 2. The van der Waals surface area contributed by atoms with Crippen LogP contribution in [0.1, 0.15) is 38.8 Å². The molecule has 3 rings (SSSR count). The summed E-state index contributed by atoms with van der Waals surface area (Å²) in [4.78, 5) is 13.5. The minimum atomic E-state index is -0.549. The predicted octanol–water partition coefficient (Wildman–Crippen LogP) is 5.10. The van der Waals surface area contributed by atoms with E-state index in [-0.39, 0.29) is 63.3 Å². The normalized spacial score (nSPS) is 10.9. The maximum Gasteiger partial charge on any atom is 0.207 e. The molecular weight excluding hydrogens is 412 g/mol. The zero-order valence-electron chi connectivity index (χ0n) is 19.1. The molecule has 0 bridgehead atoms. The lowest BCUT2D eigenvalue weighted by Gasteiger charge is -2.16. The smallest absolute Gasteiger partial charge is 0.207 e. The molecule has 0 saturated carbocycles. The van der Waals surface area contributed by atoms with Gasteiger partial charge < -0.3 is 29.2 Å². The van der Waals surface area contributed by atoms with Crippen molar-refractivity contribution in [3.63, 3.8) is 0 Å². The molecule has 0 atom stereocenters. The average molecular weight is 440 g/mol. The highest BCUT2D eigenvalue weighted by atomic mass is 16.5. The van der Waals surface area contributed by atoms with E-state index in [0.717, 1.165) is 11.1 Å². The summed E-state index contributed by atoms with van der Waals surface area (Å²) in [6.45, 7) is 7.64. The molecule has 3 aromatic rings. The number of phenolic OH excluding ortho intramolecular Hbond substituents is 3. The van der Waals surface area contributed by atoms with Crippen LogP contribution >= 0.6 is 0 Å². The summed E-state index contributed by atoms with van der Waals surface area (Å²) >= 11 is 0. The van der Waals surface area contributed by atoms with Gasteiger partial charge in [-0.15, -0.1) is 0 Å². The van der Waals surface area contributed by atoms with Gasteiger partial charge in [-0.25, -0.2) is 0 Å². The number of fused-ring (bicyclic) bond motifs is 2. The lowest BCUT2D eigenvalue weighted by atomic mass is 9.96. The molecule has 0 aliphatic carbocycles. The highest BCUT2D eigenvalue weighted by Crippen LogP contribution is 2.45. The number of allylic oxidation sites excluding steroid dienone is 4. The third kappa shape index (κ3) is 3.86. The zero-order chi connectivity index (χ0) is 23.7. The maximum absolute atomic E-state index is 13.5. The summed E-state index contributed by atoms with van der Waals surface area (Å²) in [5, 5.41) is 32.7. The summed E-state index contributed by atoms with van der Waals surface area (Å²) in [7, 11) is 2.74. The van der Waals surface area contributed by atoms with Gasteiger partial charge in [-0.2, -0.15) is 0 Å². The molecule has 0 fully saturated rings. The Balaban J connectivity index is 2.54. The number of hydrogen-bond acceptors (Lipinski definition) is 7. The molecule has 0 spiro atoms. The summed E-state index contributed by atoms with van der Waals surface area (Å²) < 4.78 is 16.4. The fraction of sp³-hybridized carbons (Fsp3) is 0.320. The Bertz CT molecular complexity index is 1320. The molecule has 0 aliphatic rings. The standard InChI is InChI=1S/C25H28O7/c1-12(2)7-9-14-19(26)15(10-8-13(3)4)23-18(20(14)27)21(28)16-11-17(30-5)25(31-6)22(29)24(16)32-23/h7-8,11,26-27,29H,9-10H2,1-6H3. The van der Waals surface area contributed by atoms with Crippen molar-refractivity contribution in [3.05, 3.63) is 50.7 Å². The van der Waals surface area contributed by atoms with E-state index in [1.807, 2.05) is 39.8 Å². The Morgan fingerprint density at radius 1 is 0.875 bits per heavy atom. The van der Waals surface area contributed by atoms with Gasteiger partial charge in [-0.05, 0) is 46.6 Å². The SMILES string of the molecule is COc1cc2c(=O)c3c(O)c(CC=C(C)C)c(O)c(CC=C(C)C)c3oc2c(O)c1OC. The van der Waals surface area contributed by atoms with Crippen LogP contribution in [-0.2, 0) is 12.8 Å². The second-order valence-corrected chi connectivity index (χ2v) is 8.10. The van der Waals surface area contributed by atoms with Gasteiger partial charge in [0.05, 0.1) is 19.6 Å². The van der Waals surface area contributed by atoms with Gasteiger partial charge in [-0.1, -0.05) is 23.3 Å². The molecule has 0 aliphatic heterocycles. The van der Waals surface area contributed by atoms with Gasteiger partial charge >= 0.3 is 0 Å². The van der Waals surface area contributed by atoms with E-state index in [9.17, 15) is 20.1 Å². The molecule has 0 amide bonds. The summed E-state index contributed by atoms with van der Waals surface area (Å²) in [6, 6.07) is 1.40. The fourth-order valence-corrected chi connectivity index (χ4v) is 3.60. The van der Waals surface area contributed by atoms with E-state index in [1.54, 1.807) is 0 Å². The quantitative estimate of drug-likeness (QED) is 0.361. The Labute approximate surface area is 185 Å². The Morgan fingerprint density at radius 3 is 2.00 bits per heavy atom. The lowest BCUT2D eigenvalue weighted by molar-refractivity contribution is 0.333. The molecule has 1 heterocycles. The number of phenols is 3. The van der Waals surface area contributed by atoms with E-state index in [0.29, 0.717) is 5.56 Å². The van der Waals surface area contributed by atoms with Crippen molar-refractivity contribution in [1.82, 2.24) is 0 Å². The van der Waals surface area contributed by atoms with Gasteiger partial charge in [0.15, 0.2) is 11.3 Å². The summed E-state index contributed by atoms with van der Waals surface area (Å²) in [5.74, 6) is -0.728. The van der Waals surface area contributed by atoms with E-state index >= 15 is 0 Å². The monoisotopic (exact) mass is 440 g/mol. The second-order valence-electron chi connectivity index (χ2n) is 8.10. The first-order valence-corrected chi connectivity index (χ1v) is 10.2. The van der Waals surface area contributed by atoms with Crippen LogP contribution in [0.5, 0.6) is 28.7 Å². The van der Waals surface area contributed by atoms with Crippen LogP contribution in [0.25, 0.3) is 21.9 Å². The minimum Gasteiger partial charge on any atom is -0.507 e. The van der Waals surface area contributed by atoms with E-state index in [4.69, 9.17) is 13.9 Å². The lowest BCUT2D eigenvalue weighted by Crippen LogP contribution is -2.07. The largest absolute Gasteiger partial charge is 0.507 e.